The predicted molar refractivity (Wildman–Crippen MR) is 76.0 cm³/mol. The van der Waals surface area contributed by atoms with Crippen LogP contribution in [0.5, 0.6) is 5.75 Å². The number of rotatable bonds is 7. The smallest absolute Gasteiger partial charge is 0.128 e. The van der Waals surface area contributed by atoms with Gasteiger partial charge in [0.1, 0.15) is 5.75 Å². The van der Waals surface area contributed by atoms with Gasteiger partial charge in [0.05, 0.1) is 12.8 Å². The number of aryl methyl sites for hydroxylation is 1. The molecule has 0 spiro atoms. The highest BCUT2D eigenvalue weighted by Gasteiger charge is 2.09. The van der Waals surface area contributed by atoms with Crippen LogP contribution in [0.25, 0.3) is 0 Å². The highest BCUT2D eigenvalue weighted by Crippen LogP contribution is 2.23. The van der Waals surface area contributed by atoms with Crippen LogP contribution in [0.1, 0.15) is 43.5 Å². The summed E-state index contributed by atoms with van der Waals surface area (Å²) in [6, 6.07) is 0. The van der Waals surface area contributed by atoms with Crippen LogP contribution < -0.4 is 10.1 Å². The van der Waals surface area contributed by atoms with E-state index in [0.29, 0.717) is 0 Å². The van der Waals surface area contributed by atoms with Crippen molar-refractivity contribution < 1.29 is 4.74 Å². The van der Waals surface area contributed by atoms with Gasteiger partial charge in [0.2, 0.25) is 0 Å². The third-order valence-electron chi connectivity index (χ3n) is 3.63. The number of methoxy groups -OCH3 is 1. The van der Waals surface area contributed by atoms with Gasteiger partial charge in [-0.2, -0.15) is 0 Å². The van der Waals surface area contributed by atoms with E-state index in [1.807, 2.05) is 13.1 Å². The van der Waals surface area contributed by atoms with Crippen LogP contribution in [-0.4, -0.2) is 18.6 Å². The highest BCUT2D eigenvalue weighted by molar-refractivity contribution is 5.40. The van der Waals surface area contributed by atoms with E-state index in [0.717, 1.165) is 41.6 Å². The molecule has 0 saturated heterocycles. The van der Waals surface area contributed by atoms with Crippen LogP contribution in [0.3, 0.4) is 0 Å². The van der Waals surface area contributed by atoms with E-state index < -0.39 is 0 Å². The molecule has 1 aromatic rings. The fourth-order valence-corrected chi connectivity index (χ4v) is 2.22. The lowest BCUT2D eigenvalue weighted by molar-refractivity contribution is 0.405. The minimum Gasteiger partial charge on any atom is -0.496 e. The van der Waals surface area contributed by atoms with Crippen LogP contribution in [0, 0.1) is 19.8 Å². The zero-order valence-electron chi connectivity index (χ0n) is 12.3. The van der Waals surface area contributed by atoms with Gasteiger partial charge in [0.15, 0.2) is 0 Å². The molecule has 1 aromatic heterocycles. The Balaban J connectivity index is 2.63. The average Bonchev–Trinajstić information content (AvgIpc) is 2.37. The Morgan fingerprint density at radius 2 is 1.94 bits per heavy atom. The van der Waals surface area contributed by atoms with Crippen LogP contribution in [0.15, 0.2) is 6.20 Å². The Morgan fingerprint density at radius 1 is 1.28 bits per heavy atom. The second-order valence-electron chi connectivity index (χ2n) is 4.86. The summed E-state index contributed by atoms with van der Waals surface area (Å²) in [6.45, 7) is 10.5. The van der Waals surface area contributed by atoms with E-state index >= 15 is 0 Å². The summed E-state index contributed by atoms with van der Waals surface area (Å²) in [6.07, 6.45) is 4.35. The zero-order valence-corrected chi connectivity index (χ0v) is 12.3. The first-order chi connectivity index (χ1) is 8.63. The molecule has 1 rings (SSSR count). The summed E-state index contributed by atoms with van der Waals surface area (Å²) >= 11 is 0. The van der Waals surface area contributed by atoms with E-state index in [2.05, 4.69) is 31.1 Å². The number of nitrogens with one attached hydrogen (secondary N) is 1. The minimum absolute atomic E-state index is 0.762. The summed E-state index contributed by atoms with van der Waals surface area (Å²) < 4.78 is 5.42. The third-order valence-corrected chi connectivity index (χ3v) is 3.63. The Kier molecular flexibility index (Phi) is 6.13. The standard InChI is InChI=1S/C15H26N2O/c1-6-13(7-2)9-16-10-14-12(4)15(18-5)11(3)8-17-14/h8,13,16H,6-7,9-10H2,1-5H3. The van der Waals surface area contributed by atoms with Crippen LogP contribution in [-0.2, 0) is 6.54 Å². The summed E-state index contributed by atoms with van der Waals surface area (Å²) in [5.74, 6) is 1.72. The van der Waals surface area contributed by atoms with Crippen molar-refractivity contribution in [1.82, 2.24) is 10.3 Å². The van der Waals surface area contributed by atoms with E-state index in [1.54, 1.807) is 7.11 Å². The quantitative estimate of drug-likeness (QED) is 0.806. The van der Waals surface area contributed by atoms with Crippen LogP contribution in [0.2, 0.25) is 0 Å². The Morgan fingerprint density at radius 3 is 2.50 bits per heavy atom. The molecule has 0 atom stereocenters. The molecule has 3 heteroatoms. The topological polar surface area (TPSA) is 34.2 Å². The Labute approximate surface area is 111 Å². The molecule has 0 radical (unpaired) electrons. The van der Waals surface area contributed by atoms with Gasteiger partial charge < -0.3 is 10.1 Å². The van der Waals surface area contributed by atoms with Crippen LogP contribution in [0.4, 0.5) is 0 Å². The molecule has 0 aliphatic rings. The summed E-state index contributed by atoms with van der Waals surface area (Å²) in [5, 5.41) is 3.50. The molecule has 0 aliphatic carbocycles. The summed E-state index contributed by atoms with van der Waals surface area (Å²) in [4.78, 5) is 4.49. The lowest BCUT2D eigenvalue weighted by Crippen LogP contribution is -2.22. The molecule has 1 N–H and O–H groups in total. The second kappa shape index (κ2) is 7.37. The van der Waals surface area contributed by atoms with Gasteiger partial charge in [0.25, 0.3) is 0 Å². The monoisotopic (exact) mass is 250 g/mol. The van der Waals surface area contributed by atoms with Gasteiger partial charge >= 0.3 is 0 Å². The van der Waals surface area contributed by atoms with Gasteiger partial charge in [0, 0.05) is 23.9 Å². The average molecular weight is 250 g/mol. The molecule has 3 nitrogen and oxygen atoms in total. The molecule has 18 heavy (non-hydrogen) atoms. The van der Waals surface area contributed by atoms with Gasteiger partial charge in [-0.3, -0.25) is 4.98 Å². The molecular weight excluding hydrogens is 224 g/mol. The largest absolute Gasteiger partial charge is 0.496 e. The van der Waals surface area contributed by atoms with E-state index in [1.165, 1.54) is 12.8 Å². The highest BCUT2D eigenvalue weighted by atomic mass is 16.5. The molecule has 102 valence electrons. The zero-order chi connectivity index (χ0) is 13.5. The van der Waals surface area contributed by atoms with Gasteiger partial charge in [-0.25, -0.2) is 0 Å². The predicted octanol–water partition coefficient (Wildman–Crippen LogP) is 3.23. The van der Waals surface area contributed by atoms with Crippen LogP contribution >= 0.6 is 0 Å². The van der Waals surface area contributed by atoms with Crippen molar-refractivity contribution in [1.29, 1.82) is 0 Å². The maximum absolute atomic E-state index is 5.42. The molecule has 0 aliphatic heterocycles. The van der Waals surface area contributed by atoms with Gasteiger partial charge in [-0.1, -0.05) is 26.7 Å². The molecule has 0 amide bonds. The van der Waals surface area contributed by atoms with E-state index in [-0.39, 0.29) is 0 Å². The molecule has 0 unspecified atom stereocenters. The fraction of sp³-hybridized carbons (Fsp3) is 0.667. The van der Waals surface area contributed by atoms with Crippen molar-refractivity contribution in [2.75, 3.05) is 13.7 Å². The lowest BCUT2D eigenvalue weighted by Gasteiger charge is -2.15. The Bertz CT molecular complexity index is 373. The number of aromatic nitrogens is 1. The van der Waals surface area contributed by atoms with Crippen molar-refractivity contribution in [3.05, 3.63) is 23.0 Å². The third kappa shape index (κ3) is 3.70. The molecule has 0 aromatic carbocycles. The summed E-state index contributed by atoms with van der Waals surface area (Å²) in [5.41, 5.74) is 3.33. The maximum Gasteiger partial charge on any atom is 0.128 e. The van der Waals surface area contributed by atoms with E-state index in [4.69, 9.17) is 4.74 Å². The lowest BCUT2D eigenvalue weighted by atomic mass is 10.0. The molecule has 0 saturated carbocycles. The molecular formula is C15H26N2O. The van der Waals surface area contributed by atoms with Gasteiger partial charge in [-0.15, -0.1) is 0 Å². The molecule has 0 bridgehead atoms. The first kappa shape index (κ1) is 15.0. The molecule has 0 fully saturated rings. The fourth-order valence-electron chi connectivity index (χ4n) is 2.22. The first-order valence-corrected chi connectivity index (χ1v) is 6.83. The van der Waals surface area contributed by atoms with Crippen molar-refractivity contribution in [2.45, 2.75) is 47.1 Å². The Hall–Kier alpha value is -1.09. The minimum atomic E-state index is 0.762. The van der Waals surface area contributed by atoms with Crippen molar-refractivity contribution in [2.24, 2.45) is 5.92 Å². The van der Waals surface area contributed by atoms with E-state index in [9.17, 15) is 0 Å². The number of hydrogen-bond donors (Lipinski definition) is 1. The second-order valence-corrected chi connectivity index (χ2v) is 4.86. The number of nitrogens with zero attached hydrogens (tertiary/aromatic N) is 1. The van der Waals surface area contributed by atoms with Gasteiger partial charge in [-0.05, 0) is 26.3 Å². The first-order valence-electron chi connectivity index (χ1n) is 6.83. The molecule has 1 heterocycles. The number of hydrogen-bond acceptors (Lipinski definition) is 3. The summed E-state index contributed by atoms with van der Waals surface area (Å²) in [7, 11) is 1.72. The van der Waals surface area contributed by atoms with Crippen molar-refractivity contribution >= 4 is 0 Å². The normalized spacial score (nSPS) is 11.0. The number of pyridine rings is 1. The number of ether oxygens (including phenoxy) is 1. The van der Waals surface area contributed by atoms with Crippen molar-refractivity contribution in [3.63, 3.8) is 0 Å². The van der Waals surface area contributed by atoms with Crippen molar-refractivity contribution in [3.8, 4) is 5.75 Å². The SMILES string of the molecule is CCC(CC)CNCc1ncc(C)c(OC)c1C. The maximum atomic E-state index is 5.42.